The third-order valence-corrected chi connectivity index (χ3v) is 18.4. The van der Waals surface area contributed by atoms with Gasteiger partial charge < -0.3 is 27.0 Å². The third kappa shape index (κ3) is 6.79. The van der Waals surface area contributed by atoms with Gasteiger partial charge in [-0.15, -0.1) is 0 Å². The molecule has 20 aromatic rings. The van der Waals surface area contributed by atoms with Crippen LogP contribution in [-0.2, 0) is 0 Å². The predicted octanol–water partition coefficient (Wildman–Crippen LogP) is 21.6. The summed E-state index contributed by atoms with van der Waals surface area (Å²) in [5.41, 5.74) is 20.6. The van der Waals surface area contributed by atoms with Crippen molar-refractivity contribution in [1.82, 2.24) is 23.7 Å². The molecule has 88 heavy (non-hydrogen) atoms. The van der Waals surface area contributed by atoms with Gasteiger partial charge in [0.15, 0.2) is 5.82 Å². The van der Waals surface area contributed by atoms with E-state index in [-0.39, 0.29) is 0 Å². The molecule has 0 fully saturated rings. The molecule has 13 aromatic carbocycles. The number of furan rings is 3. The van der Waals surface area contributed by atoms with Gasteiger partial charge in [-0.2, -0.15) is 0 Å². The molecule has 0 unspecified atom stereocenters. The maximum atomic E-state index is 6.53. The van der Waals surface area contributed by atoms with E-state index in [1.807, 2.05) is 36.4 Å². The Morgan fingerprint density at radius 3 is 1.10 bits per heavy atom. The number of rotatable bonds is 6. The summed E-state index contributed by atoms with van der Waals surface area (Å²) in [7, 11) is 0. The average Bonchev–Trinajstić information content (AvgIpc) is 1.75. The Morgan fingerprint density at radius 2 is 0.614 bits per heavy atom. The molecule has 0 spiro atoms. The highest BCUT2D eigenvalue weighted by atomic mass is 16.3. The summed E-state index contributed by atoms with van der Waals surface area (Å²) in [5.74, 6) is 0.634. The topological polar surface area (TPSA) is 80.0 Å². The minimum absolute atomic E-state index is 0.634. The van der Waals surface area contributed by atoms with Crippen molar-refractivity contribution in [3.8, 4) is 50.8 Å². The van der Waals surface area contributed by atoms with Gasteiger partial charge in [0.1, 0.15) is 33.5 Å². The van der Waals surface area contributed by atoms with Crippen LogP contribution in [0.3, 0.4) is 0 Å². The molecule has 0 saturated carbocycles. The van der Waals surface area contributed by atoms with Crippen LogP contribution in [0.5, 0.6) is 0 Å². The van der Waals surface area contributed by atoms with E-state index in [9.17, 15) is 0 Å². The molecule has 0 bridgehead atoms. The van der Waals surface area contributed by atoms with Crippen molar-refractivity contribution in [3.05, 3.63) is 273 Å². The molecule has 8 nitrogen and oxygen atoms in total. The summed E-state index contributed by atoms with van der Waals surface area (Å²) >= 11 is 0. The highest BCUT2D eigenvalue weighted by Gasteiger charge is 2.22. The molecule has 408 valence electrons. The summed E-state index contributed by atoms with van der Waals surface area (Å²) in [6.07, 6.45) is 0. The molecule has 0 N–H and O–H groups in total. The second-order valence-corrected chi connectivity index (χ2v) is 23.2. The number of hydrogen-bond donors (Lipinski definition) is 0. The molecule has 8 heteroatoms. The zero-order valence-electron chi connectivity index (χ0n) is 46.9. The molecular formula is C80H45N5O3. The van der Waals surface area contributed by atoms with Crippen molar-refractivity contribution in [1.29, 1.82) is 0 Å². The number of hydrogen-bond acceptors (Lipinski definition) is 5. The normalized spacial score (nSPS) is 12.3. The fourth-order valence-corrected chi connectivity index (χ4v) is 14.4. The Bertz CT molecular complexity index is 6380. The number of aromatic nitrogens is 5. The van der Waals surface area contributed by atoms with Gasteiger partial charge in [-0.05, 0) is 126 Å². The summed E-state index contributed by atoms with van der Waals surface area (Å²) < 4.78 is 26.6. The van der Waals surface area contributed by atoms with Crippen LogP contribution >= 0.6 is 0 Å². The number of fused-ring (bicyclic) bond motifs is 19. The Hall–Kier alpha value is -12.0. The lowest BCUT2D eigenvalue weighted by Crippen LogP contribution is -1.99. The number of para-hydroxylation sites is 6. The third-order valence-electron chi connectivity index (χ3n) is 18.4. The Balaban J connectivity index is 0.761. The van der Waals surface area contributed by atoms with Gasteiger partial charge in [-0.1, -0.05) is 140 Å². The fourth-order valence-electron chi connectivity index (χ4n) is 14.4. The molecule has 0 atom stereocenters. The summed E-state index contributed by atoms with van der Waals surface area (Å²) in [6.45, 7) is 0. The second-order valence-electron chi connectivity index (χ2n) is 23.2. The zero-order chi connectivity index (χ0) is 57.3. The zero-order valence-corrected chi connectivity index (χ0v) is 46.9. The Labute approximate surface area is 500 Å². The van der Waals surface area contributed by atoms with Crippen LogP contribution in [0.4, 0.5) is 0 Å². The second kappa shape index (κ2) is 17.8. The van der Waals surface area contributed by atoms with Gasteiger partial charge in [0.2, 0.25) is 0 Å². The molecule has 7 aromatic heterocycles. The SMILES string of the molecule is c1cc(-c2ccc3nc(-c4ccc(-n5c6ccccc6c6cc7c(cc65)oc5ccccc57)cc4)nc(-c4cccc(-n5c6ccccc6c6cc7c(cc65)oc5ccccc57)c4)c3c2)cc(-n2c3ccccc3c3cc4c(cc32)oc2ccccc24)c1. The first-order valence-corrected chi connectivity index (χ1v) is 29.8. The van der Waals surface area contributed by atoms with Crippen LogP contribution in [0.2, 0.25) is 0 Å². The molecule has 0 radical (unpaired) electrons. The first-order chi connectivity index (χ1) is 43.6. The molecule has 0 aliphatic heterocycles. The lowest BCUT2D eigenvalue weighted by Gasteiger charge is -2.14. The average molecular weight is 1120 g/mol. The van der Waals surface area contributed by atoms with Crippen LogP contribution in [0.25, 0.3) is 193 Å². The molecule has 7 heterocycles. The van der Waals surface area contributed by atoms with Crippen LogP contribution < -0.4 is 0 Å². The summed E-state index contributed by atoms with van der Waals surface area (Å²) in [6, 6.07) is 97.3. The van der Waals surface area contributed by atoms with Crippen molar-refractivity contribution in [3.63, 3.8) is 0 Å². The first kappa shape index (κ1) is 47.4. The van der Waals surface area contributed by atoms with E-state index in [4.69, 9.17) is 23.2 Å². The smallest absolute Gasteiger partial charge is 0.160 e. The van der Waals surface area contributed by atoms with Gasteiger partial charge in [-0.3, -0.25) is 0 Å². The van der Waals surface area contributed by atoms with E-state index in [0.717, 1.165) is 160 Å². The number of nitrogens with zero attached hydrogens (tertiary/aromatic N) is 5. The van der Waals surface area contributed by atoms with Gasteiger partial charge in [0.05, 0.1) is 44.3 Å². The molecule has 20 rings (SSSR count). The standard InChI is InChI=1S/C80H45N5O3/c1-7-25-67-53(19-1)59-40-62-56-22-4-10-28-73(56)86-76(62)43-70(59)83(67)50-34-31-46(32-35-50)80-81-66-36-33-48(47-15-13-17-51(37-47)84-68-26-8-2-20-54(68)60-41-63-57-23-5-11-29-74(57)87-77(63)44-71(60)84)39-65(66)79(82-80)49-16-14-18-52(38-49)85-69-27-9-3-21-55(69)61-42-64-58-24-6-12-30-75(58)88-78(64)45-72(61)85/h1-45H. The van der Waals surface area contributed by atoms with Gasteiger partial charge in [0.25, 0.3) is 0 Å². The first-order valence-electron chi connectivity index (χ1n) is 29.8. The molecular weight excluding hydrogens is 1080 g/mol. The minimum Gasteiger partial charge on any atom is -0.456 e. The Kier molecular flexibility index (Phi) is 9.57. The van der Waals surface area contributed by atoms with Crippen LogP contribution in [0.15, 0.2) is 286 Å². The fraction of sp³-hybridized carbons (Fsp3) is 0. The molecule has 0 aliphatic carbocycles. The molecule has 0 aliphatic rings. The monoisotopic (exact) mass is 1120 g/mol. The number of benzene rings is 13. The summed E-state index contributed by atoms with van der Waals surface area (Å²) in [5, 5.41) is 14.7. The Morgan fingerprint density at radius 1 is 0.216 bits per heavy atom. The lowest BCUT2D eigenvalue weighted by atomic mass is 9.99. The van der Waals surface area contributed by atoms with E-state index in [1.54, 1.807) is 0 Å². The molecule has 0 amide bonds. The highest BCUT2D eigenvalue weighted by molar-refractivity contribution is 6.20. The minimum atomic E-state index is 0.634. The summed E-state index contributed by atoms with van der Waals surface area (Å²) in [4.78, 5) is 11.1. The van der Waals surface area contributed by atoms with E-state index < -0.39 is 0 Å². The van der Waals surface area contributed by atoms with Crippen molar-refractivity contribution in [2.45, 2.75) is 0 Å². The maximum absolute atomic E-state index is 6.53. The quantitative estimate of drug-likeness (QED) is 0.166. The van der Waals surface area contributed by atoms with Crippen molar-refractivity contribution in [2.75, 3.05) is 0 Å². The highest BCUT2D eigenvalue weighted by Crippen LogP contribution is 2.44. The predicted molar refractivity (Wildman–Crippen MR) is 361 cm³/mol. The lowest BCUT2D eigenvalue weighted by molar-refractivity contribution is 0.669. The van der Waals surface area contributed by atoms with E-state index in [1.165, 1.54) is 26.9 Å². The maximum Gasteiger partial charge on any atom is 0.160 e. The van der Waals surface area contributed by atoms with Crippen molar-refractivity contribution in [2.24, 2.45) is 0 Å². The van der Waals surface area contributed by atoms with Gasteiger partial charge in [-0.25, -0.2) is 9.97 Å². The van der Waals surface area contributed by atoms with Crippen LogP contribution in [0, 0.1) is 0 Å². The van der Waals surface area contributed by atoms with E-state index in [0.29, 0.717) is 5.82 Å². The van der Waals surface area contributed by atoms with Gasteiger partial charge >= 0.3 is 0 Å². The van der Waals surface area contributed by atoms with Crippen LogP contribution in [-0.4, -0.2) is 23.7 Å². The van der Waals surface area contributed by atoms with Crippen molar-refractivity contribution >= 4 is 142 Å². The van der Waals surface area contributed by atoms with Crippen molar-refractivity contribution < 1.29 is 13.3 Å². The van der Waals surface area contributed by atoms with E-state index in [2.05, 4.69) is 250 Å². The largest absolute Gasteiger partial charge is 0.456 e. The van der Waals surface area contributed by atoms with Gasteiger partial charge in [0, 0.05) is 116 Å². The molecule has 0 saturated heterocycles. The van der Waals surface area contributed by atoms with E-state index >= 15 is 0 Å². The van der Waals surface area contributed by atoms with Crippen LogP contribution in [0.1, 0.15) is 0 Å².